The van der Waals surface area contributed by atoms with Crippen LogP contribution in [0.15, 0.2) is 53.4 Å². The molecule has 2 amide bonds. The van der Waals surface area contributed by atoms with Crippen LogP contribution >= 0.6 is 23.4 Å². The van der Waals surface area contributed by atoms with Crippen LogP contribution < -0.4 is 5.32 Å². The van der Waals surface area contributed by atoms with E-state index in [2.05, 4.69) is 5.32 Å². The molecule has 7 heteroatoms. The maximum atomic E-state index is 13.2. The molecule has 0 unspecified atom stereocenters. The summed E-state index contributed by atoms with van der Waals surface area (Å²) in [6.07, 6.45) is 0. The molecule has 0 aliphatic carbocycles. The smallest absolute Gasteiger partial charge is 0.242 e. The van der Waals surface area contributed by atoms with Crippen molar-refractivity contribution in [3.63, 3.8) is 0 Å². The van der Waals surface area contributed by atoms with Gasteiger partial charge in [-0.3, -0.25) is 9.59 Å². The predicted molar refractivity (Wildman–Crippen MR) is 112 cm³/mol. The van der Waals surface area contributed by atoms with E-state index in [-0.39, 0.29) is 36.0 Å². The minimum atomic E-state index is -0.647. The second kappa shape index (κ2) is 10.5. The van der Waals surface area contributed by atoms with Gasteiger partial charge in [0.1, 0.15) is 11.9 Å². The molecular formula is C21H24ClFN2O2S. The fourth-order valence-corrected chi connectivity index (χ4v) is 3.44. The van der Waals surface area contributed by atoms with Gasteiger partial charge >= 0.3 is 0 Å². The summed E-state index contributed by atoms with van der Waals surface area (Å²) >= 11 is 7.27. The molecule has 2 aromatic rings. The number of halogens is 2. The minimum Gasteiger partial charge on any atom is -0.352 e. The summed E-state index contributed by atoms with van der Waals surface area (Å²) in [7, 11) is 0. The molecule has 0 saturated carbocycles. The molecule has 0 aliphatic rings. The van der Waals surface area contributed by atoms with Gasteiger partial charge in [-0.1, -0.05) is 23.7 Å². The van der Waals surface area contributed by atoms with Gasteiger partial charge in [0.15, 0.2) is 0 Å². The van der Waals surface area contributed by atoms with Crippen molar-refractivity contribution in [3.8, 4) is 0 Å². The van der Waals surface area contributed by atoms with Gasteiger partial charge in [-0.25, -0.2) is 4.39 Å². The van der Waals surface area contributed by atoms with E-state index in [1.807, 2.05) is 26.0 Å². The maximum Gasteiger partial charge on any atom is 0.242 e. The lowest BCUT2D eigenvalue weighted by Crippen LogP contribution is -2.49. The lowest BCUT2D eigenvalue weighted by atomic mass is 10.1. The standard InChI is InChI=1S/C21H24ClFN2O2S/c1-14(2)24-21(27)15(3)25(12-16-4-8-18(23)9-5-16)20(26)13-28-19-10-6-17(22)7-11-19/h4-11,14-15H,12-13H2,1-3H3,(H,24,27)/t15-/m0/s1. The zero-order chi connectivity index (χ0) is 20.7. The molecule has 150 valence electrons. The second-order valence-electron chi connectivity index (χ2n) is 6.73. The van der Waals surface area contributed by atoms with Crippen molar-refractivity contribution in [2.45, 2.75) is 44.3 Å². The number of amides is 2. The molecule has 0 bridgehead atoms. The predicted octanol–water partition coefficient (Wildman–Crippen LogP) is 4.51. The van der Waals surface area contributed by atoms with Crippen LogP contribution in [0, 0.1) is 5.82 Å². The number of hydrogen-bond donors (Lipinski definition) is 1. The van der Waals surface area contributed by atoms with Gasteiger partial charge < -0.3 is 10.2 Å². The normalized spacial score (nSPS) is 11.9. The van der Waals surface area contributed by atoms with E-state index in [4.69, 9.17) is 11.6 Å². The van der Waals surface area contributed by atoms with Gasteiger partial charge in [-0.2, -0.15) is 0 Å². The van der Waals surface area contributed by atoms with Gasteiger partial charge in [-0.05, 0) is 62.7 Å². The number of carbonyl (C=O) groups is 2. The lowest BCUT2D eigenvalue weighted by Gasteiger charge is -2.29. The Kier molecular flexibility index (Phi) is 8.33. The third kappa shape index (κ3) is 6.84. The van der Waals surface area contributed by atoms with Crippen molar-refractivity contribution in [1.29, 1.82) is 0 Å². The Balaban J connectivity index is 2.12. The van der Waals surface area contributed by atoms with Gasteiger partial charge in [0.25, 0.3) is 0 Å². The molecule has 0 aliphatic heterocycles. The lowest BCUT2D eigenvalue weighted by molar-refractivity contribution is -0.138. The topological polar surface area (TPSA) is 49.4 Å². The Morgan fingerprint density at radius 1 is 1.07 bits per heavy atom. The van der Waals surface area contributed by atoms with Crippen LogP contribution in [-0.4, -0.2) is 34.6 Å². The number of nitrogens with zero attached hydrogens (tertiary/aromatic N) is 1. The first-order valence-electron chi connectivity index (χ1n) is 8.99. The molecule has 0 fully saturated rings. The molecule has 2 aromatic carbocycles. The summed E-state index contributed by atoms with van der Waals surface area (Å²) in [5, 5.41) is 3.47. The first kappa shape index (κ1) is 22.2. The Morgan fingerprint density at radius 2 is 1.68 bits per heavy atom. The van der Waals surface area contributed by atoms with E-state index in [1.165, 1.54) is 28.8 Å². The Morgan fingerprint density at radius 3 is 2.25 bits per heavy atom. The Labute approximate surface area is 174 Å². The van der Waals surface area contributed by atoms with E-state index in [0.29, 0.717) is 5.02 Å². The van der Waals surface area contributed by atoms with E-state index < -0.39 is 6.04 Å². The van der Waals surface area contributed by atoms with Crippen LogP contribution in [0.2, 0.25) is 5.02 Å². The van der Waals surface area contributed by atoms with Crippen molar-refractivity contribution in [3.05, 3.63) is 64.9 Å². The summed E-state index contributed by atoms with van der Waals surface area (Å²) in [6, 6.07) is 12.5. The molecular weight excluding hydrogens is 399 g/mol. The van der Waals surface area contributed by atoms with Gasteiger partial charge in [0, 0.05) is 22.5 Å². The first-order valence-corrected chi connectivity index (χ1v) is 10.3. The van der Waals surface area contributed by atoms with Crippen LogP contribution in [0.3, 0.4) is 0 Å². The number of nitrogens with one attached hydrogen (secondary N) is 1. The summed E-state index contributed by atoms with van der Waals surface area (Å²) in [5.41, 5.74) is 0.760. The van der Waals surface area contributed by atoms with Crippen molar-refractivity contribution in [1.82, 2.24) is 10.2 Å². The van der Waals surface area contributed by atoms with Crippen molar-refractivity contribution in [2.75, 3.05) is 5.75 Å². The van der Waals surface area contributed by atoms with Gasteiger partial charge in [0.2, 0.25) is 11.8 Å². The summed E-state index contributed by atoms with van der Waals surface area (Å²) < 4.78 is 13.2. The van der Waals surface area contributed by atoms with Crippen LogP contribution in [0.25, 0.3) is 0 Å². The quantitative estimate of drug-likeness (QED) is 0.636. The Hall–Kier alpha value is -2.05. The van der Waals surface area contributed by atoms with Crippen LogP contribution in [0.1, 0.15) is 26.3 Å². The Bertz CT molecular complexity index is 797. The second-order valence-corrected chi connectivity index (χ2v) is 8.22. The van der Waals surface area contributed by atoms with Gasteiger partial charge in [0.05, 0.1) is 5.75 Å². The number of thioether (sulfide) groups is 1. The molecule has 1 N–H and O–H groups in total. The molecule has 0 aromatic heterocycles. The van der Waals surface area contributed by atoms with Crippen LogP contribution in [-0.2, 0) is 16.1 Å². The number of benzene rings is 2. The molecule has 0 saturated heterocycles. The third-order valence-electron chi connectivity index (χ3n) is 4.04. The molecule has 4 nitrogen and oxygen atoms in total. The highest BCUT2D eigenvalue weighted by molar-refractivity contribution is 8.00. The largest absolute Gasteiger partial charge is 0.352 e. The summed E-state index contributed by atoms with van der Waals surface area (Å²) in [6.45, 7) is 5.67. The highest BCUT2D eigenvalue weighted by atomic mass is 35.5. The van der Waals surface area contributed by atoms with Crippen molar-refractivity contribution >= 4 is 35.2 Å². The van der Waals surface area contributed by atoms with Gasteiger partial charge in [-0.15, -0.1) is 11.8 Å². The van der Waals surface area contributed by atoms with E-state index in [0.717, 1.165) is 10.5 Å². The van der Waals surface area contributed by atoms with E-state index >= 15 is 0 Å². The fraction of sp³-hybridized carbons (Fsp3) is 0.333. The number of rotatable bonds is 8. The first-order chi connectivity index (χ1) is 13.3. The maximum absolute atomic E-state index is 13.2. The molecule has 2 rings (SSSR count). The number of hydrogen-bond acceptors (Lipinski definition) is 3. The molecule has 28 heavy (non-hydrogen) atoms. The van der Waals surface area contributed by atoms with Crippen LogP contribution in [0.5, 0.6) is 0 Å². The zero-order valence-electron chi connectivity index (χ0n) is 16.1. The SMILES string of the molecule is CC(C)NC(=O)[C@H](C)N(Cc1ccc(F)cc1)C(=O)CSc1ccc(Cl)cc1. The van der Waals surface area contributed by atoms with Crippen molar-refractivity contribution < 1.29 is 14.0 Å². The molecule has 0 heterocycles. The summed E-state index contributed by atoms with van der Waals surface area (Å²) in [4.78, 5) is 27.8. The minimum absolute atomic E-state index is 0.0267. The summed E-state index contributed by atoms with van der Waals surface area (Å²) in [5.74, 6) is -0.551. The highest BCUT2D eigenvalue weighted by Crippen LogP contribution is 2.22. The average Bonchev–Trinajstić information content (AvgIpc) is 2.65. The fourth-order valence-electron chi connectivity index (χ4n) is 2.53. The third-order valence-corrected chi connectivity index (χ3v) is 5.29. The van der Waals surface area contributed by atoms with E-state index in [9.17, 15) is 14.0 Å². The zero-order valence-corrected chi connectivity index (χ0v) is 17.7. The molecule has 1 atom stereocenters. The van der Waals surface area contributed by atoms with E-state index in [1.54, 1.807) is 31.2 Å². The van der Waals surface area contributed by atoms with Crippen LogP contribution in [0.4, 0.5) is 4.39 Å². The monoisotopic (exact) mass is 422 g/mol. The molecule has 0 radical (unpaired) electrons. The van der Waals surface area contributed by atoms with Crippen molar-refractivity contribution in [2.24, 2.45) is 0 Å². The molecule has 0 spiro atoms. The average molecular weight is 423 g/mol. The highest BCUT2D eigenvalue weighted by Gasteiger charge is 2.26. The number of carbonyl (C=O) groups excluding carboxylic acids is 2.